The molecule has 1 amide bonds. The molecule has 0 saturated carbocycles. The number of hydrogen-bond acceptors (Lipinski definition) is 4. The van der Waals surface area contributed by atoms with E-state index < -0.39 is 6.04 Å². The van der Waals surface area contributed by atoms with Crippen molar-refractivity contribution in [2.75, 3.05) is 0 Å². The number of amides is 1. The third-order valence-corrected chi connectivity index (χ3v) is 4.44. The minimum absolute atomic E-state index is 0.0607. The lowest BCUT2D eigenvalue weighted by molar-refractivity contribution is 0.0946. The number of benzene rings is 1. The van der Waals surface area contributed by atoms with Gasteiger partial charge in [0.05, 0.1) is 8.45 Å². The van der Waals surface area contributed by atoms with Gasteiger partial charge in [0, 0.05) is 5.38 Å². The molecule has 1 atom stereocenters. The molecule has 0 bridgehead atoms. The van der Waals surface area contributed by atoms with Crippen LogP contribution in [0.25, 0.3) is 0 Å². The molecule has 5 nitrogen and oxygen atoms in total. The van der Waals surface area contributed by atoms with E-state index in [0.29, 0.717) is 5.56 Å². The van der Waals surface area contributed by atoms with E-state index in [-0.39, 0.29) is 11.7 Å². The van der Waals surface area contributed by atoms with Gasteiger partial charge in [0.2, 0.25) is 0 Å². The smallest absolute Gasteiger partial charge is 0.253 e. The molecule has 0 aliphatic carbocycles. The highest BCUT2D eigenvalue weighted by Gasteiger charge is 2.20. The Balaban J connectivity index is 2.23. The monoisotopic (exact) mass is 401 g/mol. The summed E-state index contributed by atoms with van der Waals surface area (Å²) in [6.07, 6.45) is 0. The van der Waals surface area contributed by atoms with Gasteiger partial charge in [-0.2, -0.15) is 0 Å². The molecular formula is C13H12IN3O2S. The first-order valence-corrected chi connectivity index (χ1v) is 7.65. The Morgan fingerprint density at radius 1 is 1.40 bits per heavy atom. The van der Waals surface area contributed by atoms with Crippen LogP contribution >= 0.6 is 33.9 Å². The van der Waals surface area contributed by atoms with E-state index in [0.717, 1.165) is 8.45 Å². The third kappa shape index (κ3) is 3.48. The molecule has 0 saturated heterocycles. The topological polar surface area (TPSA) is 87.7 Å². The number of hydrogen-bond donors (Lipinski definition) is 3. The van der Waals surface area contributed by atoms with E-state index in [9.17, 15) is 4.79 Å². The van der Waals surface area contributed by atoms with Gasteiger partial charge in [-0.1, -0.05) is 35.5 Å². The summed E-state index contributed by atoms with van der Waals surface area (Å²) in [5.74, 6) is -0.320. The minimum Gasteiger partial charge on any atom is -0.409 e. The normalized spacial score (nSPS) is 12.9. The second kappa shape index (κ2) is 6.71. The largest absolute Gasteiger partial charge is 0.409 e. The number of nitrogens with two attached hydrogens (primary N) is 1. The number of thiophene rings is 1. The summed E-state index contributed by atoms with van der Waals surface area (Å²) < 4.78 is 1.02. The van der Waals surface area contributed by atoms with Gasteiger partial charge in [-0.15, -0.1) is 11.3 Å². The van der Waals surface area contributed by atoms with Crippen molar-refractivity contribution in [2.45, 2.75) is 6.04 Å². The van der Waals surface area contributed by atoms with Crippen LogP contribution in [-0.2, 0) is 0 Å². The molecule has 20 heavy (non-hydrogen) atoms. The number of nitrogens with one attached hydrogen (secondary N) is 1. The maximum Gasteiger partial charge on any atom is 0.253 e. The van der Waals surface area contributed by atoms with Gasteiger partial charge in [0.1, 0.15) is 6.04 Å². The van der Waals surface area contributed by atoms with Crippen LogP contribution in [0.3, 0.4) is 0 Å². The molecule has 2 aromatic rings. The molecule has 7 heteroatoms. The molecular weight excluding hydrogens is 389 g/mol. The van der Waals surface area contributed by atoms with E-state index in [2.05, 4.69) is 33.1 Å². The van der Waals surface area contributed by atoms with Crippen molar-refractivity contribution in [3.05, 3.63) is 55.8 Å². The first kappa shape index (κ1) is 14.8. The van der Waals surface area contributed by atoms with Gasteiger partial charge >= 0.3 is 0 Å². The summed E-state index contributed by atoms with van der Waals surface area (Å²) in [4.78, 5) is 12.2. The lowest BCUT2D eigenvalue weighted by Crippen LogP contribution is -2.37. The minimum atomic E-state index is -0.661. The highest BCUT2D eigenvalue weighted by Crippen LogP contribution is 2.18. The van der Waals surface area contributed by atoms with Gasteiger partial charge in [0.25, 0.3) is 5.91 Å². The van der Waals surface area contributed by atoms with Gasteiger partial charge < -0.3 is 16.3 Å². The van der Waals surface area contributed by atoms with Crippen LogP contribution in [0, 0.1) is 2.88 Å². The number of halogens is 1. The zero-order chi connectivity index (χ0) is 14.5. The Morgan fingerprint density at radius 2 is 2.10 bits per heavy atom. The summed E-state index contributed by atoms with van der Waals surface area (Å²) in [5.41, 5.74) is 6.98. The quantitative estimate of drug-likeness (QED) is 0.242. The fourth-order valence-corrected chi connectivity index (χ4v) is 3.00. The van der Waals surface area contributed by atoms with E-state index in [1.165, 1.54) is 11.3 Å². The van der Waals surface area contributed by atoms with Crippen molar-refractivity contribution in [3.8, 4) is 0 Å². The third-order valence-electron chi connectivity index (χ3n) is 2.65. The van der Waals surface area contributed by atoms with Crippen LogP contribution < -0.4 is 11.1 Å². The van der Waals surface area contributed by atoms with Crippen LogP contribution in [0.15, 0.2) is 46.9 Å². The van der Waals surface area contributed by atoms with Crippen LogP contribution in [-0.4, -0.2) is 17.0 Å². The van der Waals surface area contributed by atoms with Gasteiger partial charge in [-0.25, -0.2) is 0 Å². The van der Waals surface area contributed by atoms with Crippen molar-refractivity contribution in [2.24, 2.45) is 10.9 Å². The van der Waals surface area contributed by atoms with Crippen molar-refractivity contribution in [1.82, 2.24) is 5.32 Å². The summed E-state index contributed by atoms with van der Waals surface area (Å²) in [5, 5.41) is 16.4. The number of rotatable bonds is 4. The molecule has 1 aromatic heterocycles. The van der Waals surface area contributed by atoms with Crippen LogP contribution in [0.5, 0.6) is 0 Å². The molecule has 0 aliphatic heterocycles. The Labute approximate surface area is 133 Å². The number of nitrogens with zero attached hydrogens (tertiary/aromatic N) is 1. The zero-order valence-electron chi connectivity index (χ0n) is 10.3. The molecule has 0 radical (unpaired) electrons. The highest BCUT2D eigenvalue weighted by molar-refractivity contribution is 14.1. The molecule has 2 rings (SSSR count). The first-order chi connectivity index (χ1) is 9.61. The molecule has 4 N–H and O–H groups in total. The fraction of sp³-hybridized carbons (Fsp3) is 0.0769. The Hall–Kier alpha value is -1.61. The van der Waals surface area contributed by atoms with E-state index in [4.69, 9.17) is 10.9 Å². The van der Waals surface area contributed by atoms with Crippen LogP contribution in [0.2, 0.25) is 0 Å². The van der Waals surface area contributed by atoms with E-state index in [1.807, 2.05) is 18.2 Å². The maximum atomic E-state index is 12.2. The number of amidine groups is 1. The second-order valence-corrected chi connectivity index (χ2v) is 6.79. The van der Waals surface area contributed by atoms with Gasteiger partial charge in [-0.3, -0.25) is 4.79 Å². The van der Waals surface area contributed by atoms with Gasteiger partial charge in [0.15, 0.2) is 5.84 Å². The van der Waals surface area contributed by atoms with Crippen molar-refractivity contribution in [1.29, 1.82) is 0 Å². The zero-order valence-corrected chi connectivity index (χ0v) is 13.3. The summed E-state index contributed by atoms with van der Waals surface area (Å²) >= 11 is 3.63. The average Bonchev–Trinajstić information content (AvgIpc) is 2.91. The molecule has 104 valence electrons. The molecule has 1 heterocycles. The van der Waals surface area contributed by atoms with Crippen molar-refractivity contribution >= 4 is 45.7 Å². The summed E-state index contributed by atoms with van der Waals surface area (Å²) in [6.45, 7) is 0. The number of carbonyl (C=O) groups is 1. The van der Waals surface area contributed by atoms with Crippen molar-refractivity contribution < 1.29 is 10.0 Å². The first-order valence-electron chi connectivity index (χ1n) is 5.69. The van der Waals surface area contributed by atoms with Crippen LogP contribution in [0.1, 0.15) is 22.0 Å². The van der Waals surface area contributed by atoms with E-state index >= 15 is 0 Å². The molecule has 0 aliphatic rings. The molecule has 0 spiro atoms. The molecule has 1 unspecified atom stereocenters. The average molecular weight is 401 g/mol. The fourth-order valence-electron chi connectivity index (χ4n) is 1.67. The lowest BCUT2D eigenvalue weighted by atomic mass is 10.1. The van der Waals surface area contributed by atoms with E-state index in [1.54, 1.807) is 23.6 Å². The Bertz CT molecular complexity index is 628. The maximum absolute atomic E-state index is 12.2. The predicted octanol–water partition coefficient (Wildman–Crippen LogP) is 2.57. The Kier molecular flexibility index (Phi) is 4.96. The van der Waals surface area contributed by atoms with Crippen LogP contribution in [0.4, 0.5) is 0 Å². The summed E-state index contributed by atoms with van der Waals surface area (Å²) in [6, 6.07) is 10.2. The van der Waals surface area contributed by atoms with Gasteiger partial charge in [-0.05, 0) is 34.2 Å². The SMILES string of the molecule is NC(=NO)C(NC(=O)c1csc(I)c1)c1ccccc1. The highest BCUT2D eigenvalue weighted by atomic mass is 127. The Morgan fingerprint density at radius 3 is 2.65 bits per heavy atom. The number of carbonyl (C=O) groups excluding carboxylic acids is 1. The number of oxime groups is 1. The van der Waals surface area contributed by atoms with Crippen molar-refractivity contribution in [3.63, 3.8) is 0 Å². The lowest BCUT2D eigenvalue weighted by Gasteiger charge is -2.17. The molecule has 0 fully saturated rings. The standard InChI is InChI=1S/C13H12IN3O2S/c14-10-6-9(7-20-10)13(18)16-11(12(15)17-19)8-4-2-1-3-5-8/h1-7,11,19H,(H2,15,17)(H,16,18). The summed E-state index contributed by atoms with van der Waals surface area (Å²) in [7, 11) is 0. The second-order valence-electron chi connectivity index (χ2n) is 3.98. The predicted molar refractivity (Wildman–Crippen MR) is 87.1 cm³/mol. The molecule has 1 aromatic carbocycles.